The SMILES string of the molecule is CC(C)CN(CC(N)=O)C(=O)C1CCCCC1CN. The van der Waals surface area contributed by atoms with E-state index in [2.05, 4.69) is 0 Å². The van der Waals surface area contributed by atoms with Crippen LogP contribution in [0.15, 0.2) is 0 Å². The molecular formula is C14H27N3O2. The molecule has 1 aliphatic carbocycles. The average Bonchev–Trinajstić information content (AvgIpc) is 2.36. The van der Waals surface area contributed by atoms with Gasteiger partial charge in [-0.25, -0.2) is 0 Å². The summed E-state index contributed by atoms with van der Waals surface area (Å²) in [5.41, 5.74) is 11.0. The fourth-order valence-electron chi connectivity index (χ4n) is 2.91. The first kappa shape index (κ1) is 16.0. The van der Waals surface area contributed by atoms with Crippen molar-refractivity contribution < 1.29 is 9.59 Å². The van der Waals surface area contributed by atoms with Crippen LogP contribution in [0.25, 0.3) is 0 Å². The molecule has 0 heterocycles. The molecule has 2 amide bonds. The Labute approximate surface area is 115 Å². The van der Waals surface area contributed by atoms with E-state index in [1.54, 1.807) is 4.90 Å². The number of nitrogens with two attached hydrogens (primary N) is 2. The summed E-state index contributed by atoms with van der Waals surface area (Å²) in [6.45, 7) is 5.20. The normalized spacial score (nSPS) is 23.4. The van der Waals surface area contributed by atoms with Crippen LogP contribution in [0.5, 0.6) is 0 Å². The minimum absolute atomic E-state index is 0.0187. The van der Waals surface area contributed by atoms with Gasteiger partial charge in [-0.2, -0.15) is 0 Å². The second kappa shape index (κ2) is 7.48. The zero-order chi connectivity index (χ0) is 14.4. The summed E-state index contributed by atoms with van der Waals surface area (Å²) in [4.78, 5) is 25.4. The van der Waals surface area contributed by atoms with Crippen LogP contribution in [0.2, 0.25) is 0 Å². The van der Waals surface area contributed by atoms with Gasteiger partial charge in [0.05, 0.1) is 6.54 Å². The van der Waals surface area contributed by atoms with Crippen LogP contribution in [0.4, 0.5) is 0 Å². The summed E-state index contributed by atoms with van der Waals surface area (Å²) in [6, 6.07) is 0. The third kappa shape index (κ3) is 4.82. The van der Waals surface area contributed by atoms with Crippen LogP contribution in [-0.4, -0.2) is 36.3 Å². The van der Waals surface area contributed by atoms with E-state index >= 15 is 0 Å². The Morgan fingerprint density at radius 1 is 1.26 bits per heavy atom. The first-order chi connectivity index (χ1) is 8.95. The molecule has 5 nitrogen and oxygen atoms in total. The lowest BCUT2D eigenvalue weighted by atomic mass is 9.78. The Balaban J connectivity index is 2.75. The van der Waals surface area contributed by atoms with Gasteiger partial charge in [0.15, 0.2) is 0 Å². The summed E-state index contributed by atoms with van der Waals surface area (Å²) >= 11 is 0. The fraction of sp³-hybridized carbons (Fsp3) is 0.857. The Bertz CT molecular complexity index is 318. The van der Waals surface area contributed by atoms with Crippen molar-refractivity contribution in [3.05, 3.63) is 0 Å². The number of amides is 2. The average molecular weight is 269 g/mol. The van der Waals surface area contributed by atoms with Crippen LogP contribution in [0.3, 0.4) is 0 Å². The van der Waals surface area contributed by atoms with Crippen LogP contribution in [0, 0.1) is 17.8 Å². The van der Waals surface area contributed by atoms with Gasteiger partial charge in [-0.15, -0.1) is 0 Å². The molecule has 0 aliphatic heterocycles. The molecule has 19 heavy (non-hydrogen) atoms. The summed E-state index contributed by atoms with van der Waals surface area (Å²) in [7, 11) is 0. The van der Waals surface area contributed by atoms with Gasteiger partial charge in [0.1, 0.15) is 0 Å². The van der Waals surface area contributed by atoms with E-state index in [1.165, 1.54) is 0 Å². The number of carbonyl (C=O) groups is 2. The minimum Gasteiger partial charge on any atom is -0.368 e. The monoisotopic (exact) mass is 269 g/mol. The zero-order valence-corrected chi connectivity index (χ0v) is 12.1. The van der Waals surface area contributed by atoms with Gasteiger partial charge in [0, 0.05) is 12.5 Å². The van der Waals surface area contributed by atoms with Gasteiger partial charge >= 0.3 is 0 Å². The quantitative estimate of drug-likeness (QED) is 0.744. The smallest absolute Gasteiger partial charge is 0.237 e. The highest BCUT2D eigenvalue weighted by atomic mass is 16.2. The third-order valence-electron chi connectivity index (χ3n) is 3.77. The highest BCUT2D eigenvalue weighted by Crippen LogP contribution is 2.30. The molecule has 4 N–H and O–H groups in total. The summed E-state index contributed by atoms with van der Waals surface area (Å²) in [5.74, 6) is 0.153. The predicted octanol–water partition coefficient (Wildman–Crippen LogP) is 0.721. The van der Waals surface area contributed by atoms with Crippen molar-refractivity contribution in [2.75, 3.05) is 19.6 Å². The van der Waals surface area contributed by atoms with E-state index in [1.807, 2.05) is 13.8 Å². The molecule has 1 fully saturated rings. The second-order valence-electron chi connectivity index (χ2n) is 5.97. The first-order valence-corrected chi connectivity index (χ1v) is 7.22. The molecule has 1 saturated carbocycles. The molecule has 2 atom stereocenters. The van der Waals surface area contributed by atoms with Gasteiger partial charge in [-0.3, -0.25) is 9.59 Å². The molecule has 0 aromatic heterocycles. The second-order valence-corrected chi connectivity index (χ2v) is 5.97. The number of nitrogens with zero attached hydrogens (tertiary/aromatic N) is 1. The standard InChI is InChI=1S/C14H27N3O2/c1-10(2)8-17(9-13(16)18)14(19)12-6-4-3-5-11(12)7-15/h10-12H,3-9,15H2,1-2H3,(H2,16,18). The number of primary amides is 1. The van der Waals surface area contributed by atoms with E-state index in [-0.39, 0.29) is 24.3 Å². The lowest BCUT2D eigenvalue weighted by Gasteiger charge is -2.34. The molecule has 5 heteroatoms. The predicted molar refractivity (Wildman–Crippen MR) is 75.1 cm³/mol. The van der Waals surface area contributed by atoms with Crippen molar-refractivity contribution in [2.24, 2.45) is 29.2 Å². The van der Waals surface area contributed by atoms with Crippen molar-refractivity contribution in [1.29, 1.82) is 0 Å². The van der Waals surface area contributed by atoms with Gasteiger partial charge in [-0.1, -0.05) is 26.7 Å². The molecule has 0 bridgehead atoms. The number of carbonyl (C=O) groups excluding carboxylic acids is 2. The molecule has 0 spiro atoms. The highest BCUT2D eigenvalue weighted by molar-refractivity contribution is 5.85. The van der Waals surface area contributed by atoms with E-state index in [0.29, 0.717) is 19.0 Å². The van der Waals surface area contributed by atoms with Crippen molar-refractivity contribution in [2.45, 2.75) is 39.5 Å². The summed E-state index contributed by atoms with van der Waals surface area (Å²) in [5, 5.41) is 0. The van der Waals surface area contributed by atoms with Crippen molar-refractivity contribution in [3.8, 4) is 0 Å². The maximum absolute atomic E-state index is 12.6. The molecule has 110 valence electrons. The topological polar surface area (TPSA) is 89.4 Å². The molecule has 0 saturated heterocycles. The lowest BCUT2D eigenvalue weighted by Crippen LogP contribution is -2.46. The zero-order valence-electron chi connectivity index (χ0n) is 12.1. The maximum atomic E-state index is 12.6. The fourth-order valence-corrected chi connectivity index (χ4v) is 2.91. The Morgan fingerprint density at radius 2 is 1.89 bits per heavy atom. The number of hydrogen-bond donors (Lipinski definition) is 2. The highest BCUT2D eigenvalue weighted by Gasteiger charge is 2.33. The molecule has 0 aromatic carbocycles. The molecule has 1 rings (SSSR count). The van der Waals surface area contributed by atoms with E-state index in [9.17, 15) is 9.59 Å². The molecule has 2 unspecified atom stereocenters. The molecule has 1 aliphatic rings. The van der Waals surface area contributed by atoms with Gasteiger partial charge in [0.2, 0.25) is 11.8 Å². The maximum Gasteiger partial charge on any atom is 0.237 e. The van der Waals surface area contributed by atoms with Gasteiger partial charge < -0.3 is 16.4 Å². The van der Waals surface area contributed by atoms with Crippen LogP contribution in [-0.2, 0) is 9.59 Å². The number of hydrogen-bond acceptors (Lipinski definition) is 3. The Hall–Kier alpha value is -1.10. The molecule has 0 aromatic rings. The largest absolute Gasteiger partial charge is 0.368 e. The van der Waals surface area contributed by atoms with E-state index in [0.717, 1.165) is 25.7 Å². The Morgan fingerprint density at radius 3 is 2.42 bits per heavy atom. The summed E-state index contributed by atoms with van der Waals surface area (Å²) in [6.07, 6.45) is 4.11. The van der Waals surface area contributed by atoms with Crippen molar-refractivity contribution in [3.63, 3.8) is 0 Å². The lowest BCUT2D eigenvalue weighted by molar-refractivity contribution is -0.141. The van der Waals surface area contributed by atoms with Crippen molar-refractivity contribution >= 4 is 11.8 Å². The third-order valence-corrected chi connectivity index (χ3v) is 3.77. The Kier molecular flexibility index (Phi) is 6.28. The van der Waals surface area contributed by atoms with Crippen LogP contribution >= 0.6 is 0 Å². The van der Waals surface area contributed by atoms with Crippen LogP contribution < -0.4 is 11.5 Å². The molecule has 0 radical (unpaired) electrons. The molecular weight excluding hydrogens is 242 g/mol. The van der Waals surface area contributed by atoms with Crippen molar-refractivity contribution in [1.82, 2.24) is 4.90 Å². The summed E-state index contributed by atoms with van der Waals surface area (Å²) < 4.78 is 0. The van der Waals surface area contributed by atoms with Gasteiger partial charge in [0.25, 0.3) is 0 Å². The van der Waals surface area contributed by atoms with E-state index < -0.39 is 5.91 Å². The van der Waals surface area contributed by atoms with Crippen LogP contribution in [0.1, 0.15) is 39.5 Å². The minimum atomic E-state index is -0.450. The van der Waals surface area contributed by atoms with Gasteiger partial charge in [-0.05, 0) is 31.2 Å². The number of rotatable bonds is 6. The van der Waals surface area contributed by atoms with E-state index in [4.69, 9.17) is 11.5 Å². The first-order valence-electron chi connectivity index (χ1n) is 7.22.